The summed E-state index contributed by atoms with van der Waals surface area (Å²) < 4.78 is 13.5. The van der Waals surface area contributed by atoms with Crippen LogP contribution in [0.1, 0.15) is 42.6 Å². The number of aliphatic hydroxyl groups excluding tert-OH is 1. The van der Waals surface area contributed by atoms with Gasteiger partial charge in [-0.1, -0.05) is 18.2 Å². The Morgan fingerprint density at radius 3 is 2.66 bits per heavy atom. The standard InChI is InChI=1S/C30H35N5O5.ClH/c1-30(2,15-19-10-12-22(13-11-19)40-28-23(27(31)37)5-4-14-32-28)33-16-21(36)18-39-25-7-3-6-24-26(25)35(29(38)34-24)17-20-8-9-20;/h3-7,10-14,20-21,33,36H,8-9,15-18H2,1-2H3,(H2,31,37)(H,34,38);1H/t21-;/m0./s1. The summed E-state index contributed by atoms with van der Waals surface area (Å²) in [5, 5.41) is 14.1. The average molecular weight is 582 g/mol. The molecule has 2 aromatic heterocycles. The number of imidazole rings is 1. The Balaban J connectivity index is 0.00000387. The number of para-hydroxylation sites is 1. The number of aromatic amines is 1. The first-order valence-corrected chi connectivity index (χ1v) is 13.5. The number of amides is 1. The molecule has 41 heavy (non-hydrogen) atoms. The van der Waals surface area contributed by atoms with Gasteiger partial charge >= 0.3 is 5.69 Å². The number of primary amides is 1. The van der Waals surface area contributed by atoms with Crippen molar-refractivity contribution in [2.75, 3.05) is 13.2 Å². The molecular weight excluding hydrogens is 546 g/mol. The van der Waals surface area contributed by atoms with E-state index in [-0.39, 0.29) is 41.7 Å². The maximum atomic E-state index is 12.5. The lowest BCUT2D eigenvalue weighted by Gasteiger charge is -2.28. The lowest BCUT2D eigenvalue weighted by Crippen LogP contribution is -2.46. The molecule has 5 rings (SSSR count). The topological polar surface area (TPSA) is 144 Å². The summed E-state index contributed by atoms with van der Waals surface area (Å²) in [4.78, 5) is 31.1. The summed E-state index contributed by atoms with van der Waals surface area (Å²) in [6.45, 7) is 5.24. The van der Waals surface area contributed by atoms with Gasteiger partial charge in [0.2, 0.25) is 5.88 Å². The van der Waals surface area contributed by atoms with Crippen molar-refractivity contribution in [3.05, 3.63) is 82.4 Å². The number of hydrogen-bond donors (Lipinski definition) is 4. The molecule has 0 spiro atoms. The highest BCUT2D eigenvalue weighted by molar-refractivity contribution is 5.95. The number of carbonyl (C=O) groups is 1. The van der Waals surface area contributed by atoms with Crippen molar-refractivity contribution in [1.82, 2.24) is 19.9 Å². The van der Waals surface area contributed by atoms with Gasteiger partial charge < -0.3 is 30.6 Å². The van der Waals surface area contributed by atoms with Gasteiger partial charge in [0.25, 0.3) is 5.91 Å². The summed E-state index contributed by atoms with van der Waals surface area (Å²) in [7, 11) is 0. The molecule has 0 saturated heterocycles. The highest BCUT2D eigenvalue weighted by Gasteiger charge is 2.25. The van der Waals surface area contributed by atoms with Gasteiger partial charge in [-0.3, -0.25) is 9.36 Å². The molecule has 4 aromatic rings. The molecule has 1 saturated carbocycles. The SMILES string of the molecule is CC(C)(Cc1ccc(Oc2ncccc2C(N)=O)cc1)NC[C@H](O)COc1cccc2[nH]c(=O)n(CC3CC3)c12.Cl. The lowest BCUT2D eigenvalue weighted by atomic mass is 9.94. The molecule has 1 aliphatic carbocycles. The van der Waals surface area contributed by atoms with Crippen molar-refractivity contribution < 1.29 is 19.4 Å². The average Bonchev–Trinajstić information content (AvgIpc) is 3.69. The fraction of sp³-hybridized carbons (Fsp3) is 0.367. The minimum atomic E-state index is -0.745. The van der Waals surface area contributed by atoms with E-state index in [1.54, 1.807) is 16.7 Å². The van der Waals surface area contributed by atoms with Gasteiger partial charge in [0.05, 0.1) is 5.52 Å². The molecule has 5 N–H and O–H groups in total. The number of β-amino-alcohol motifs (C(OH)–C–C–N with tert-alkyl or cyclic N) is 1. The van der Waals surface area contributed by atoms with Crippen LogP contribution in [-0.4, -0.2) is 50.3 Å². The van der Waals surface area contributed by atoms with Gasteiger partial charge in [-0.15, -0.1) is 12.4 Å². The highest BCUT2D eigenvalue weighted by atomic mass is 35.5. The van der Waals surface area contributed by atoms with E-state index in [0.29, 0.717) is 36.9 Å². The number of aromatic nitrogens is 3. The van der Waals surface area contributed by atoms with Crippen molar-refractivity contribution in [2.24, 2.45) is 11.7 Å². The molecule has 0 aliphatic heterocycles. The van der Waals surface area contributed by atoms with Crippen LogP contribution in [0.15, 0.2) is 65.6 Å². The number of benzene rings is 2. The largest absolute Gasteiger partial charge is 0.489 e. The Kier molecular flexibility index (Phi) is 9.37. The van der Waals surface area contributed by atoms with Crippen LogP contribution >= 0.6 is 12.4 Å². The number of rotatable bonds is 13. The van der Waals surface area contributed by atoms with Gasteiger partial charge in [0.15, 0.2) is 0 Å². The van der Waals surface area contributed by atoms with E-state index in [2.05, 4.69) is 29.1 Å². The zero-order valence-corrected chi connectivity index (χ0v) is 23.9. The number of nitrogens with two attached hydrogens (primary N) is 1. The molecule has 1 aliphatic rings. The number of H-pyrrole nitrogens is 1. The predicted octanol–water partition coefficient (Wildman–Crippen LogP) is 3.80. The number of nitrogens with zero attached hydrogens (tertiary/aromatic N) is 2. The second-order valence-electron chi connectivity index (χ2n) is 11.0. The van der Waals surface area contributed by atoms with Gasteiger partial charge in [-0.25, -0.2) is 9.78 Å². The molecule has 2 heterocycles. The third-order valence-corrected chi connectivity index (χ3v) is 6.96. The third-order valence-electron chi connectivity index (χ3n) is 6.96. The van der Waals surface area contributed by atoms with Crippen molar-refractivity contribution in [3.63, 3.8) is 0 Å². The summed E-state index contributed by atoms with van der Waals surface area (Å²) >= 11 is 0. The van der Waals surface area contributed by atoms with E-state index in [1.165, 1.54) is 6.20 Å². The van der Waals surface area contributed by atoms with Crippen LogP contribution in [0.25, 0.3) is 11.0 Å². The monoisotopic (exact) mass is 581 g/mol. The fourth-order valence-corrected chi connectivity index (χ4v) is 4.69. The first-order chi connectivity index (χ1) is 19.2. The number of pyridine rings is 1. The number of halogens is 1. The molecule has 10 nitrogen and oxygen atoms in total. The minimum Gasteiger partial charge on any atom is -0.489 e. The summed E-state index contributed by atoms with van der Waals surface area (Å²) in [6, 6.07) is 16.3. The Hall–Kier alpha value is -3.86. The number of aliphatic hydroxyl groups is 1. The van der Waals surface area contributed by atoms with Crippen molar-refractivity contribution >= 4 is 29.3 Å². The van der Waals surface area contributed by atoms with Gasteiger partial charge in [0.1, 0.15) is 35.3 Å². The third kappa shape index (κ3) is 7.66. The number of hydrogen-bond acceptors (Lipinski definition) is 7. The first-order valence-electron chi connectivity index (χ1n) is 13.5. The van der Waals surface area contributed by atoms with Crippen LogP contribution in [0.3, 0.4) is 0 Å². The molecule has 0 unspecified atom stereocenters. The highest BCUT2D eigenvalue weighted by Crippen LogP contribution is 2.33. The van der Waals surface area contributed by atoms with E-state index in [9.17, 15) is 14.7 Å². The zero-order chi connectivity index (χ0) is 28.3. The molecule has 1 amide bonds. The molecule has 2 aromatic carbocycles. The van der Waals surface area contributed by atoms with Crippen molar-refractivity contribution in [2.45, 2.75) is 51.3 Å². The van der Waals surface area contributed by atoms with Gasteiger partial charge in [0, 0.05) is 24.8 Å². The molecular formula is C30H36ClN5O5. The maximum Gasteiger partial charge on any atom is 0.326 e. The Labute approximate surface area is 244 Å². The Morgan fingerprint density at radius 2 is 1.95 bits per heavy atom. The van der Waals surface area contributed by atoms with Crippen LogP contribution in [0.5, 0.6) is 17.4 Å². The number of ether oxygens (including phenoxy) is 2. The summed E-state index contributed by atoms with van der Waals surface area (Å²) in [5.74, 6) is 1.24. The fourth-order valence-electron chi connectivity index (χ4n) is 4.69. The molecule has 0 radical (unpaired) electrons. The van der Waals surface area contributed by atoms with E-state index in [0.717, 1.165) is 29.4 Å². The maximum absolute atomic E-state index is 12.5. The second-order valence-corrected chi connectivity index (χ2v) is 11.0. The van der Waals surface area contributed by atoms with Crippen LogP contribution in [0, 0.1) is 5.92 Å². The quantitative estimate of drug-likeness (QED) is 0.188. The first kappa shape index (κ1) is 30.1. The van der Waals surface area contributed by atoms with Crippen LogP contribution < -0.4 is 26.2 Å². The normalized spacial score (nSPS) is 13.9. The molecule has 1 fully saturated rings. The van der Waals surface area contributed by atoms with Crippen LogP contribution in [0.4, 0.5) is 0 Å². The van der Waals surface area contributed by atoms with E-state index >= 15 is 0 Å². The zero-order valence-electron chi connectivity index (χ0n) is 23.1. The molecule has 11 heteroatoms. The number of carbonyl (C=O) groups excluding carboxylic acids is 1. The van der Waals surface area contributed by atoms with E-state index in [1.807, 2.05) is 42.5 Å². The van der Waals surface area contributed by atoms with Gasteiger partial charge in [-0.2, -0.15) is 0 Å². The van der Waals surface area contributed by atoms with E-state index < -0.39 is 12.0 Å². The number of nitrogens with one attached hydrogen (secondary N) is 2. The summed E-state index contributed by atoms with van der Waals surface area (Å²) in [6.07, 6.45) is 3.78. The van der Waals surface area contributed by atoms with Crippen molar-refractivity contribution in [1.29, 1.82) is 0 Å². The molecule has 1 atom stereocenters. The minimum absolute atomic E-state index is 0. The molecule has 0 bridgehead atoms. The Morgan fingerprint density at radius 1 is 1.20 bits per heavy atom. The lowest BCUT2D eigenvalue weighted by molar-refractivity contribution is 0.0993. The van der Waals surface area contributed by atoms with Crippen LogP contribution in [0.2, 0.25) is 0 Å². The number of fused-ring (bicyclic) bond motifs is 1. The molecule has 218 valence electrons. The van der Waals surface area contributed by atoms with Gasteiger partial charge in [-0.05, 0) is 81.0 Å². The Bertz CT molecular complexity index is 1550. The van der Waals surface area contributed by atoms with E-state index in [4.69, 9.17) is 15.2 Å². The smallest absolute Gasteiger partial charge is 0.326 e. The van der Waals surface area contributed by atoms with Crippen LogP contribution in [-0.2, 0) is 13.0 Å². The second kappa shape index (κ2) is 12.8. The predicted molar refractivity (Wildman–Crippen MR) is 159 cm³/mol. The van der Waals surface area contributed by atoms with Crippen molar-refractivity contribution in [3.8, 4) is 17.4 Å². The summed E-state index contributed by atoms with van der Waals surface area (Å²) in [5.41, 5.74) is 7.74.